The lowest BCUT2D eigenvalue weighted by Crippen LogP contribution is -1.84. The van der Waals surface area contributed by atoms with Crippen molar-refractivity contribution >= 4 is 38.6 Å². The normalized spacial score (nSPS) is 11.8. The van der Waals surface area contributed by atoms with Crippen LogP contribution in [-0.4, -0.2) is 14.4 Å². The molecule has 4 heteroatoms. The Labute approximate surface area is 241 Å². The molecule has 0 spiro atoms. The molecule has 0 saturated carbocycles. The number of aromatic nitrogens is 3. The fourth-order valence-corrected chi connectivity index (χ4v) is 6.20. The van der Waals surface area contributed by atoms with Crippen LogP contribution in [0.1, 0.15) is 0 Å². The van der Waals surface area contributed by atoms with Gasteiger partial charge in [0, 0.05) is 21.9 Å². The number of pyridine rings is 1. The van der Waals surface area contributed by atoms with Crippen molar-refractivity contribution in [2.45, 2.75) is 0 Å². The lowest BCUT2D eigenvalue weighted by Gasteiger charge is -2.08. The minimum Gasteiger partial charge on any atom is -0.436 e. The van der Waals surface area contributed by atoms with Crippen LogP contribution in [0.4, 0.5) is 0 Å². The van der Waals surface area contributed by atoms with E-state index in [1.54, 1.807) is 0 Å². The maximum Gasteiger partial charge on any atom is 0.227 e. The average molecular weight is 538 g/mol. The van der Waals surface area contributed by atoms with Gasteiger partial charge in [0.1, 0.15) is 11.2 Å². The van der Waals surface area contributed by atoms with Crippen molar-refractivity contribution in [2.24, 2.45) is 0 Å². The Morgan fingerprint density at radius 3 is 1.93 bits per heavy atom. The number of benzene rings is 5. The van der Waals surface area contributed by atoms with E-state index in [2.05, 4.69) is 108 Å². The van der Waals surface area contributed by atoms with Crippen molar-refractivity contribution < 1.29 is 4.42 Å². The van der Waals surface area contributed by atoms with Crippen molar-refractivity contribution in [1.82, 2.24) is 14.4 Å². The molecule has 4 nitrogen and oxygen atoms in total. The highest BCUT2D eigenvalue weighted by molar-refractivity contribution is 6.13. The predicted octanol–water partition coefficient (Wildman–Crippen LogP) is 9.89. The molecule has 0 radical (unpaired) electrons. The van der Waals surface area contributed by atoms with Gasteiger partial charge in [0.15, 0.2) is 5.58 Å². The summed E-state index contributed by atoms with van der Waals surface area (Å²) in [5.41, 5.74) is 12.6. The Morgan fingerprint density at radius 1 is 0.476 bits per heavy atom. The van der Waals surface area contributed by atoms with Crippen LogP contribution in [0.3, 0.4) is 0 Å². The van der Waals surface area contributed by atoms with Gasteiger partial charge >= 0.3 is 0 Å². The summed E-state index contributed by atoms with van der Waals surface area (Å²) in [6.45, 7) is 0. The van der Waals surface area contributed by atoms with Crippen LogP contribution in [-0.2, 0) is 0 Å². The molecule has 0 saturated heterocycles. The third kappa shape index (κ3) is 3.49. The van der Waals surface area contributed by atoms with Crippen LogP contribution in [0, 0.1) is 0 Å². The zero-order chi connectivity index (χ0) is 27.6. The lowest BCUT2D eigenvalue weighted by atomic mass is 9.97. The number of hydrogen-bond acceptors (Lipinski definition) is 3. The van der Waals surface area contributed by atoms with E-state index in [-0.39, 0.29) is 0 Å². The van der Waals surface area contributed by atoms with Gasteiger partial charge in [0.25, 0.3) is 0 Å². The number of oxazole rings is 1. The summed E-state index contributed by atoms with van der Waals surface area (Å²) in [6.07, 6.45) is 0. The van der Waals surface area contributed by atoms with Crippen molar-refractivity contribution in [3.63, 3.8) is 0 Å². The highest BCUT2D eigenvalue weighted by Crippen LogP contribution is 2.38. The molecule has 0 atom stereocenters. The third-order valence-electron chi connectivity index (χ3n) is 8.18. The van der Waals surface area contributed by atoms with Crippen LogP contribution >= 0.6 is 0 Å². The summed E-state index contributed by atoms with van der Waals surface area (Å²) in [5, 5.41) is 2.48. The fourth-order valence-electron chi connectivity index (χ4n) is 6.20. The van der Waals surface area contributed by atoms with Gasteiger partial charge in [-0.05, 0) is 70.8 Å². The molecule has 0 fully saturated rings. The zero-order valence-electron chi connectivity index (χ0n) is 22.5. The summed E-state index contributed by atoms with van der Waals surface area (Å²) in [7, 11) is 0. The quantitative estimate of drug-likeness (QED) is 0.224. The van der Waals surface area contributed by atoms with E-state index in [4.69, 9.17) is 14.4 Å². The Kier molecular flexibility index (Phi) is 4.87. The van der Waals surface area contributed by atoms with E-state index < -0.39 is 0 Å². The zero-order valence-corrected chi connectivity index (χ0v) is 22.5. The van der Waals surface area contributed by atoms with Crippen LogP contribution in [0.25, 0.3) is 83.5 Å². The Balaban J connectivity index is 1.13. The molecular formula is C38H23N3O. The van der Waals surface area contributed by atoms with E-state index in [0.29, 0.717) is 5.89 Å². The summed E-state index contributed by atoms with van der Waals surface area (Å²) in [6, 6.07) is 48.6. The van der Waals surface area contributed by atoms with E-state index in [9.17, 15) is 0 Å². The molecular weight excluding hydrogens is 514 g/mol. The van der Waals surface area contributed by atoms with Gasteiger partial charge in [0.05, 0.1) is 16.7 Å². The summed E-state index contributed by atoms with van der Waals surface area (Å²) < 4.78 is 8.33. The number of nitrogens with zero attached hydrogens (tertiary/aromatic N) is 3. The maximum atomic E-state index is 6.04. The first-order valence-corrected chi connectivity index (χ1v) is 14.1. The molecule has 0 bridgehead atoms. The van der Waals surface area contributed by atoms with Gasteiger partial charge in [-0.3, -0.25) is 4.40 Å². The Morgan fingerprint density at radius 2 is 1.12 bits per heavy atom. The highest BCUT2D eigenvalue weighted by atomic mass is 16.3. The first kappa shape index (κ1) is 23.0. The molecule has 0 N–H and O–H groups in total. The minimum atomic E-state index is 0.637. The van der Waals surface area contributed by atoms with Crippen molar-refractivity contribution in [1.29, 1.82) is 0 Å². The number of imidazole rings is 1. The third-order valence-corrected chi connectivity index (χ3v) is 8.18. The van der Waals surface area contributed by atoms with E-state index in [1.165, 1.54) is 16.3 Å². The Bertz CT molecular complexity index is 2420. The van der Waals surface area contributed by atoms with E-state index in [1.807, 2.05) is 36.4 Å². The van der Waals surface area contributed by atoms with Crippen LogP contribution < -0.4 is 0 Å². The number of hydrogen-bond donors (Lipinski definition) is 0. The van der Waals surface area contributed by atoms with Gasteiger partial charge in [-0.15, -0.1) is 0 Å². The Hall–Kier alpha value is -5.74. The van der Waals surface area contributed by atoms with E-state index >= 15 is 0 Å². The standard InChI is InChI=1S/C38H23N3O/c1-2-9-24(10-3-1)38-39-32-23-28(19-20-34(32)42-38)26-12-6-11-25(21-26)27-13-7-14-29(22-27)36-37-31-16-5-4-15-30(31)33-17-8-18-35(40-36)41(33)37/h1-23H. The van der Waals surface area contributed by atoms with E-state index in [0.717, 1.165) is 61.3 Å². The van der Waals surface area contributed by atoms with Gasteiger partial charge in [0.2, 0.25) is 5.89 Å². The van der Waals surface area contributed by atoms with Crippen LogP contribution in [0.5, 0.6) is 0 Å². The molecule has 9 aromatic rings. The second-order valence-corrected chi connectivity index (χ2v) is 10.7. The van der Waals surface area contributed by atoms with Crippen LogP contribution in [0.15, 0.2) is 144 Å². The molecule has 4 aromatic heterocycles. The SMILES string of the molecule is c1ccc(-c2nc3cc(-c4cccc(-c5cccc(-c6nc7cccc8c9ccccc9c6n78)c5)c4)ccc3o2)cc1. The number of rotatable bonds is 4. The molecule has 4 heterocycles. The second-order valence-electron chi connectivity index (χ2n) is 10.7. The molecule has 0 aliphatic heterocycles. The smallest absolute Gasteiger partial charge is 0.227 e. The lowest BCUT2D eigenvalue weighted by molar-refractivity contribution is 0.620. The summed E-state index contributed by atoms with van der Waals surface area (Å²) in [5.74, 6) is 0.637. The first-order valence-electron chi connectivity index (χ1n) is 14.1. The predicted molar refractivity (Wildman–Crippen MR) is 171 cm³/mol. The monoisotopic (exact) mass is 537 g/mol. The highest BCUT2D eigenvalue weighted by Gasteiger charge is 2.18. The van der Waals surface area contributed by atoms with Gasteiger partial charge in [-0.1, -0.05) is 91.0 Å². The van der Waals surface area contributed by atoms with Crippen LogP contribution in [0.2, 0.25) is 0 Å². The van der Waals surface area contributed by atoms with Gasteiger partial charge in [-0.25, -0.2) is 9.97 Å². The van der Waals surface area contributed by atoms with Crippen molar-refractivity contribution in [3.8, 4) is 45.0 Å². The molecule has 196 valence electrons. The summed E-state index contributed by atoms with van der Waals surface area (Å²) >= 11 is 0. The molecule has 0 unspecified atom stereocenters. The fraction of sp³-hybridized carbons (Fsp3) is 0. The molecule has 9 rings (SSSR count). The average Bonchev–Trinajstić information content (AvgIpc) is 3.76. The molecule has 5 aromatic carbocycles. The first-order chi connectivity index (χ1) is 20.8. The molecule has 42 heavy (non-hydrogen) atoms. The van der Waals surface area contributed by atoms with Crippen molar-refractivity contribution in [2.75, 3.05) is 0 Å². The van der Waals surface area contributed by atoms with Gasteiger partial charge in [-0.2, -0.15) is 0 Å². The topological polar surface area (TPSA) is 43.3 Å². The molecule has 0 amide bonds. The molecule has 0 aliphatic rings. The summed E-state index contributed by atoms with van der Waals surface area (Å²) in [4.78, 5) is 9.87. The molecule has 0 aliphatic carbocycles. The van der Waals surface area contributed by atoms with Crippen molar-refractivity contribution in [3.05, 3.63) is 140 Å². The largest absolute Gasteiger partial charge is 0.436 e. The maximum absolute atomic E-state index is 6.04. The second kappa shape index (κ2) is 8.88. The minimum absolute atomic E-state index is 0.637. The number of fused-ring (bicyclic) bond motifs is 4. The van der Waals surface area contributed by atoms with Gasteiger partial charge < -0.3 is 4.42 Å².